The number of benzene rings is 1. The highest BCUT2D eigenvalue weighted by Gasteiger charge is 2.16. The van der Waals surface area contributed by atoms with E-state index in [4.69, 9.17) is 0 Å². The van der Waals surface area contributed by atoms with Gasteiger partial charge in [0.1, 0.15) is 0 Å². The third-order valence-electron chi connectivity index (χ3n) is 4.23. The Labute approximate surface area is 132 Å². The van der Waals surface area contributed by atoms with Crippen molar-refractivity contribution < 1.29 is 0 Å². The second kappa shape index (κ2) is 6.76. The maximum absolute atomic E-state index is 3.78. The van der Waals surface area contributed by atoms with E-state index in [9.17, 15) is 0 Å². The topological polar surface area (TPSA) is 12.0 Å². The summed E-state index contributed by atoms with van der Waals surface area (Å²) in [6, 6.07) is 13.8. The minimum atomic E-state index is 0.461. The van der Waals surface area contributed by atoms with Gasteiger partial charge in [0.15, 0.2) is 0 Å². The minimum Gasteiger partial charge on any atom is -0.305 e. The van der Waals surface area contributed by atoms with Gasteiger partial charge >= 0.3 is 0 Å². The van der Waals surface area contributed by atoms with Crippen LogP contribution in [0.5, 0.6) is 0 Å². The van der Waals surface area contributed by atoms with Crippen LogP contribution in [-0.2, 0) is 19.4 Å². The van der Waals surface area contributed by atoms with E-state index in [1.165, 1.54) is 36.1 Å². The highest BCUT2D eigenvalue weighted by Crippen LogP contribution is 2.31. The van der Waals surface area contributed by atoms with E-state index in [2.05, 4.69) is 55.6 Å². The van der Waals surface area contributed by atoms with Crippen LogP contribution in [-0.4, -0.2) is 0 Å². The fraction of sp³-hybridized carbons (Fsp3) is 0.474. The van der Waals surface area contributed by atoms with Crippen molar-refractivity contribution >= 4 is 11.3 Å². The van der Waals surface area contributed by atoms with Crippen molar-refractivity contribution in [2.75, 3.05) is 0 Å². The van der Waals surface area contributed by atoms with Gasteiger partial charge in [-0.15, -0.1) is 11.3 Å². The molecule has 21 heavy (non-hydrogen) atoms. The average molecular weight is 299 g/mol. The molecule has 0 radical (unpaired) electrons. The van der Waals surface area contributed by atoms with Crippen molar-refractivity contribution in [3.8, 4) is 0 Å². The molecular formula is C19H25NS. The first-order valence-corrected chi connectivity index (χ1v) is 8.93. The average Bonchev–Trinajstić information content (AvgIpc) is 3.05. The molecule has 1 heterocycles. The zero-order valence-corrected chi connectivity index (χ0v) is 13.9. The van der Waals surface area contributed by atoms with Crippen LogP contribution >= 0.6 is 11.3 Å². The summed E-state index contributed by atoms with van der Waals surface area (Å²) in [5.74, 6) is 0.705. The Bertz CT molecular complexity index is 549. The van der Waals surface area contributed by atoms with Gasteiger partial charge in [-0.05, 0) is 48.8 Å². The number of aryl methyl sites for hydroxylation is 2. The molecule has 0 aliphatic heterocycles. The summed E-state index contributed by atoms with van der Waals surface area (Å²) >= 11 is 2.02. The fourth-order valence-electron chi connectivity index (χ4n) is 3.20. The van der Waals surface area contributed by atoms with Crippen molar-refractivity contribution in [3.63, 3.8) is 0 Å². The third-order valence-corrected chi connectivity index (χ3v) is 5.47. The molecular weight excluding hydrogens is 274 g/mol. The lowest BCUT2D eigenvalue weighted by Gasteiger charge is -2.21. The van der Waals surface area contributed by atoms with Gasteiger partial charge in [-0.2, -0.15) is 0 Å². The largest absolute Gasteiger partial charge is 0.305 e. The molecule has 2 aromatic rings. The lowest BCUT2D eigenvalue weighted by atomic mass is 9.97. The number of hydrogen-bond donors (Lipinski definition) is 1. The zero-order valence-electron chi connectivity index (χ0n) is 13.1. The van der Waals surface area contributed by atoms with E-state index in [0.29, 0.717) is 12.0 Å². The number of rotatable bonds is 6. The molecule has 1 aromatic heterocycles. The van der Waals surface area contributed by atoms with Crippen molar-refractivity contribution in [3.05, 3.63) is 57.3 Å². The predicted octanol–water partition coefficient (Wildman–Crippen LogP) is 5.11. The van der Waals surface area contributed by atoms with Crippen molar-refractivity contribution in [2.24, 2.45) is 5.92 Å². The molecule has 1 atom stereocenters. The molecule has 0 amide bonds. The molecule has 1 aliphatic rings. The van der Waals surface area contributed by atoms with Gasteiger partial charge in [0.25, 0.3) is 0 Å². The first-order valence-electron chi connectivity index (χ1n) is 8.11. The second-order valence-electron chi connectivity index (χ2n) is 6.49. The Morgan fingerprint density at radius 3 is 2.67 bits per heavy atom. The quantitative estimate of drug-likeness (QED) is 0.781. The monoisotopic (exact) mass is 299 g/mol. The van der Waals surface area contributed by atoms with Crippen LogP contribution in [0.1, 0.15) is 53.6 Å². The first kappa shape index (κ1) is 14.8. The molecule has 0 bridgehead atoms. The predicted molar refractivity (Wildman–Crippen MR) is 91.8 cm³/mol. The first-order chi connectivity index (χ1) is 10.2. The van der Waals surface area contributed by atoms with Gasteiger partial charge in [0.2, 0.25) is 0 Å². The summed E-state index contributed by atoms with van der Waals surface area (Å²) in [6.07, 6.45) is 5.14. The molecule has 1 aromatic carbocycles. The summed E-state index contributed by atoms with van der Waals surface area (Å²) in [5, 5.41) is 3.78. The molecule has 1 unspecified atom stereocenters. The highest BCUT2D eigenvalue weighted by atomic mass is 32.1. The normalized spacial score (nSPS) is 15.4. The van der Waals surface area contributed by atoms with E-state index in [1.807, 2.05) is 11.3 Å². The fourth-order valence-corrected chi connectivity index (χ4v) is 4.41. The molecule has 112 valence electrons. The lowest BCUT2D eigenvalue weighted by Crippen LogP contribution is -2.22. The molecule has 2 heteroatoms. The van der Waals surface area contributed by atoms with Crippen molar-refractivity contribution in [1.29, 1.82) is 0 Å². The molecule has 0 saturated carbocycles. The van der Waals surface area contributed by atoms with Crippen LogP contribution in [0.3, 0.4) is 0 Å². The summed E-state index contributed by atoms with van der Waals surface area (Å²) in [7, 11) is 0. The zero-order chi connectivity index (χ0) is 14.7. The van der Waals surface area contributed by atoms with E-state index < -0.39 is 0 Å². The Balaban J connectivity index is 1.66. The Morgan fingerprint density at radius 1 is 1.14 bits per heavy atom. The van der Waals surface area contributed by atoms with Crippen molar-refractivity contribution in [1.82, 2.24) is 5.32 Å². The highest BCUT2D eigenvalue weighted by molar-refractivity contribution is 7.12. The molecule has 1 aliphatic carbocycles. The van der Waals surface area contributed by atoms with Crippen LogP contribution in [0.2, 0.25) is 0 Å². The number of fused-ring (bicyclic) bond motifs is 1. The van der Waals surface area contributed by atoms with Crippen LogP contribution in [0.15, 0.2) is 36.4 Å². The summed E-state index contributed by atoms with van der Waals surface area (Å²) in [6.45, 7) is 5.61. The smallest absolute Gasteiger partial charge is 0.0326 e. The van der Waals surface area contributed by atoms with Crippen molar-refractivity contribution in [2.45, 2.75) is 52.1 Å². The Morgan fingerprint density at radius 2 is 1.95 bits per heavy atom. The summed E-state index contributed by atoms with van der Waals surface area (Å²) in [4.78, 5) is 3.14. The Kier molecular flexibility index (Phi) is 4.77. The maximum Gasteiger partial charge on any atom is 0.0326 e. The molecule has 0 spiro atoms. The number of nitrogens with one attached hydrogen (secondary N) is 1. The standard InChI is InChI=1S/C19H25NS/c1-14(2)11-18(15-7-4-3-5-8-15)20-13-17-12-16-9-6-10-19(16)21-17/h3-5,7-8,12,14,18,20H,6,9-11,13H2,1-2H3. The van der Waals surface area contributed by atoms with Gasteiger partial charge in [0.05, 0.1) is 0 Å². The van der Waals surface area contributed by atoms with Crippen LogP contribution in [0, 0.1) is 5.92 Å². The molecule has 0 fully saturated rings. The molecule has 3 rings (SSSR count). The minimum absolute atomic E-state index is 0.461. The van der Waals surface area contributed by atoms with E-state index in [1.54, 1.807) is 10.4 Å². The second-order valence-corrected chi connectivity index (χ2v) is 7.71. The van der Waals surface area contributed by atoms with Gasteiger partial charge in [-0.1, -0.05) is 44.2 Å². The Hall–Kier alpha value is -1.12. The number of hydrogen-bond acceptors (Lipinski definition) is 2. The molecule has 1 nitrogen and oxygen atoms in total. The van der Waals surface area contributed by atoms with Gasteiger partial charge < -0.3 is 5.32 Å². The van der Waals surface area contributed by atoms with E-state index in [0.717, 1.165) is 6.54 Å². The molecule has 1 N–H and O–H groups in total. The maximum atomic E-state index is 3.78. The summed E-state index contributed by atoms with van der Waals surface area (Å²) < 4.78 is 0. The lowest BCUT2D eigenvalue weighted by molar-refractivity contribution is 0.430. The van der Waals surface area contributed by atoms with E-state index >= 15 is 0 Å². The summed E-state index contributed by atoms with van der Waals surface area (Å²) in [5.41, 5.74) is 3.02. The van der Waals surface area contributed by atoms with Crippen LogP contribution in [0.4, 0.5) is 0 Å². The van der Waals surface area contributed by atoms with Gasteiger partial charge in [0, 0.05) is 22.3 Å². The molecule has 0 saturated heterocycles. The van der Waals surface area contributed by atoms with Gasteiger partial charge in [-0.3, -0.25) is 0 Å². The van der Waals surface area contributed by atoms with Crippen LogP contribution in [0.25, 0.3) is 0 Å². The number of thiophene rings is 1. The van der Waals surface area contributed by atoms with Gasteiger partial charge in [-0.25, -0.2) is 0 Å². The SMILES string of the molecule is CC(C)CC(NCc1cc2c(s1)CCC2)c1ccccc1. The van der Waals surface area contributed by atoms with Crippen LogP contribution < -0.4 is 5.32 Å². The third kappa shape index (κ3) is 3.75. The van der Waals surface area contributed by atoms with E-state index in [-0.39, 0.29) is 0 Å².